The smallest absolute Gasteiger partial charge is 0.152 e. The van der Waals surface area contributed by atoms with Crippen molar-refractivity contribution in [3.05, 3.63) is 18.9 Å². The highest BCUT2D eigenvalue weighted by Gasteiger charge is 2.21. The molecule has 1 radical (unpaired) electrons. The van der Waals surface area contributed by atoms with Crippen molar-refractivity contribution < 1.29 is 14.5 Å². The maximum Gasteiger partial charge on any atom is 0.152 e. The quantitative estimate of drug-likeness (QED) is 0.432. The van der Waals surface area contributed by atoms with Gasteiger partial charge in [0.25, 0.3) is 0 Å². The summed E-state index contributed by atoms with van der Waals surface area (Å²) in [6.45, 7) is 2.51. The van der Waals surface area contributed by atoms with Crippen LogP contribution in [-0.4, -0.2) is 12.7 Å². The maximum atomic E-state index is 4.86. The van der Waals surface area contributed by atoms with Gasteiger partial charge >= 0.3 is 0 Å². The van der Waals surface area contributed by atoms with Crippen molar-refractivity contribution in [2.75, 3.05) is 6.61 Å². The second-order valence-electron chi connectivity index (χ2n) is 2.03. The Morgan fingerprint density at radius 3 is 3.00 bits per heavy atom. The molecule has 3 nitrogen and oxygen atoms in total. The predicted octanol–water partition coefficient (Wildman–Crippen LogP) is 1.42. The van der Waals surface area contributed by atoms with E-state index < -0.39 is 0 Å². The van der Waals surface area contributed by atoms with E-state index in [2.05, 4.69) is 7.11 Å². The van der Waals surface area contributed by atoms with Crippen LogP contribution in [0.4, 0.5) is 0 Å². The van der Waals surface area contributed by atoms with Crippen LogP contribution in [0.3, 0.4) is 0 Å². The first-order chi connectivity index (χ1) is 4.88. The van der Waals surface area contributed by atoms with Crippen LogP contribution in [-0.2, 0) is 14.5 Å². The molecule has 0 aromatic rings. The summed E-state index contributed by atoms with van der Waals surface area (Å²) in [5.74, 6) is 0.734. The van der Waals surface area contributed by atoms with Crippen LogP contribution in [0.1, 0.15) is 13.3 Å². The van der Waals surface area contributed by atoms with Gasteiger partial charge in [0.2, 0.25) is 0 Å². The second kappa shape index (κ2) is 3.58. The van der Waals surface area contributed by atoms with Crippen molar-refractivity contribution in [3.8, 4) is 0 Å². The number of hydrogen-bond acceptors (Lipinski definition) is 3. The van der Waals surface area contributed by atoms with E-state index in [1.54, 1.807) is 0 Å². The maximum absolute atomic E-state index is 4.86. The first kappa shape index (κ1) is 7.57. The Labute approximate surface area is 60.5 Å². The van der Waals surface area contributed by atoms with Gasteiger partial charge < -0.3 is 4.74 Å². The van der Waals surface area contributed by atoms with E-state index in [1.807, 2.05) is 13.0 Å². The van der Waals surface area contributed by atoms with Gasteiger partial charge in [-0.2, -0.15) is 0 Å². The summed E-state index contributed by atoms with van der Waals surface area (Å²) >= 11 is 0. The summed E-state index contributed by atoms with van der Waals surface area (Å²) in [5, 5.41) is 0. The molecule has 0 aromatic heterocycles. The molecule has 1 rings (SSSR count). The van der Waals surface area contributed by atoms with Gasteiger partial charge in [-0.05, 0) is 13.0 Å². The molecule has 0 saturated carbocycles. The zero-order valence-electron chi connectivity index (χ0n) is 6.00. The molecule has 0 bridgehead atoms. The lowest BCUT2D eigenvalue weighted by molar-refractivity contribution is -0.271. The van der Waals surface area contributed by atoms with Gasteiger partial charge in [0.15, 0.2) is 6.10 Å². The van der Waals surface area contributed by atoms with E-state index >= 15 is 0 Å². The molecule has 0 N–H and O–H groups in total. The lowest BCUT2D eigenvalue weighted by Gasteiger charge is -2.08. The molecule has 10 heavy (non-hydrogen) atoms. The van der Waals surface area contributed by atoms with Gasteiger partial charge in [0.1, 0.15) is 12.9 Å². The predicted molar refractivity (Wildman–Crippen MR) is 35.6 cm³/mol. The highest BCUT2D eigenvalue weighted by molar-refractivity contribution is 4.99. The molecule has 0 amide bonds. The monoisotopic (exact) mass is 143 g/mol. The van der Waals surface area contributed by atoms with E-state index in [0.29, 0.717) is 6.61 Å². The van der Waals surface area contributed by atoms with Crippen LogP contribution in [0.15, 0.2) is 11.8 Å². The molecule has 1 fully saturated rings. The number of allylic oxidation sites excluding steroid dienone is 1. The molecule has 1 aliphatic heterocycles. The summed E-state index contributed by atoms with van der Waals surface area (Å²) in [6.07, 6.45) is 2.61. The molecule has 1 saturated heterocycles. The number of hydrogen-bond donors (Lipinski definition) is 0. The van der Waals surface area contributed by atoms with Crippen LogP contribution in [0.25, 0.3) is 0 Å². The highest BCUT2D eigenvalue weighted by Crippen LogP contribution is 2.17. The van der Waals surface area contributed by atoms with Crippen molar-refractivity contribution in [1.82, 2.24) is 0 Å². The summed E-state index contributed by atoms with van der Waals surface area (Å²) in [7, 11) is 3.30. The Hall–Kier alpha value is -0.540. The van der Waals surface area contributed by atoms with Gasteiger partial charge in [-0.25, -0.2) is 9.78 Å². The van der Waals surface area contributed by atoms with Gasteiger partial charge in [0.05, 0.1) is 6.61 Å². The average molecular weight is 143 g/mol. The lowest BCUT2D eigenvalue weighted by Crippen LogP contribution is -2.09. The van der Waals surface area contributed by atoms with E-state index in [4.69, 9.17) is 14.5 Å². The molecule has 1 unspecified atom stereocenters. The summed E-state index contributed by atoms with van der Waals surface area (Å²) < 4.78 is 4.79. The lowest BCUT2D eigenvalue weighted by atomic mass is 10.2. The molecule has 0 aromatic carbocycles. The SMILES string of the molecule is [CH2]OC(=CC)C1CCOO1. The molecule has 3 heteroatoms. The molecular weight excluding hydrogens is 132 g/mol. The Morgan fingerprint density at radius 1 is 1.80 bits per heavy atom. The summed E-state index contributed by atoms with van der Waals surface area (Å²) in [4.78, 5) is 9.56. The van der Waals surface area contributed by atoms with Crippen LogP contribution in [0.2, 0.25) is 0 Å². The van der Waals surface area contributed by atoms with Crippen molar-refractivity contribution in [1.29, 1.82) is 0 Å². The zero-order valence-corrected chi connectivity index (χ0v) is 6.00. The fourth-order valence-electron chi connectivity index (χ4n) is 0.885. The van der Waals surface area contributed by atoms with Crippen molar-refractivity contribution >= 4 is 0 Å². The fourth-order valence-corrected chi connectivity index (χ4v) is 0.885. The Morgan fingerprint density at radius 2 is 2.60 bits per heavy atom. The average Bonchev–Trinajstić information content (AvgIpc) is 2.43. The van der Waals surface area contributed by atoms with Crippen molar-refractivity contribution in [2.45, 2.75) is 19.4 Å². The van der Waals surface area contributed by atoms with E-state index in [9.17, 15) is 0 Å². The summed E-state index contributed by atoms with van der Waals surface area (Å²) in [5.41, 5.74) is 0. The second-order valence-corrected chi connectivity index (χ2v) is 2.03. The first-order valence-electron chi connectivity index (χ1n) is 3.25. The molecule has 0 aliphatic carbocycles. The van der Waals surface area contributed by atoms with Crippen LogP contribution < -0.4 is 0 Å². The van der Waals surface area contributed by atoms with E-state index in [0.717, 1.165) is 12.2 Å². The van der Waals surface area contributed by atoms with Crippen molar-refractivity contribution in [2.24, 2.45) is 0 Å². The van der Waals surface area contributed by atoms with Crippen LogP contribution >= 0.6 is 0 Å². The molecule has 0 spiro atoms. The number of rotatable bonds is 2. The molecule has 57 valence electrons. The van der Waals surface area contributed by atoms with Crippen molar-refractivity contribution in [3.63, 3.8) is 0 Å². The standard InChI is InChI=1S/C7H11O3/c1-3-6(8-2)7-4-5-9-10-7/h3,7H,2,4-5H2,1H3. The minimum absolute atomic E-state index is 0.0532. The molecule has 1 atom stereocenters. The first-order valence-corrected chi connectivity index (χ1v) is 3.25. The zero-order chi connectivity index (χ0) is 7.40. The number of ether oxygens (including phenoxy) is 1. The normalized spacial score (nSPS) is 27.0. The largest absolute Gasteiger partial charge is 0.492 e. The fraction of sp³-hybridized carbons (Fsp3) is 0.571. The third-order valence-corrected chi connectivity index (χ3v) is 1.42. The van der Waals surface area contributed by atoms with Gasteiger partial charge in [-0.3, -0.25) is 0 Å². The third kappa shape index (κ3) is 1.49. The minimum atomic E-state index is -0.0532. The molecular formula is C7H11O3. The summed E-state index contributed by atoms with van der Waals surface area (Å²) in [6, 6.07) is 0. The van der Waals surface area contributed by atoms with E-state index in [1.165, 1.54) is 0 Å². The Balaban J connectivity index is 2.45. The third-order valence-electron chi connectivity index (χ3n) is 1.42. The molecule has 1 heterocycles. The molecule has 1 aliphatic rings. The van der Waals surface area contributed by atoms with Crippen LogP contribution in [0, 0.1) is 7.11 Å². The Bertz CT molecular complexity index is 125. The highest BCUT2D eigenvalue weighted by atomic mass is 17.2. The van der Waals surface area contributed by atoms with E-state index in [-0.39, 0.29) is 6.10 Å². The van der Waals surface area contributed by atoms with Crippen LogP contribution in [0.5, 0.6) is 0 Å². The minimum Gasteiger partial charge on any atom is -0.492 e. The van der Waals surface area contributed by atoms with Gasteiger partial charge in [0, 0.05) is 6.42 Å². The Kier molecular flexibility index (Phi) is 2.71. The van der Waals surface area contributed by atoms with Gasteiger partial charge in [-0.15, -0.1) is 0 Å². The van der Waals surface area contributed by atoms with Gasteiger partial charge in [-0.1, -0.05) is 0 Å². The topological polar surface area (TPSA) is 27.7 Å².